The van der Waals surface area contributed by atoms with E-state index in [9.17, 15) is 4.79 Å². The lowest BCUT2D eigenvalue weighted by Gasteiger charge is -2.39. The molecule has 0 bridgehead atoms. The summed E-state index contributed by atoms with van der Waals surface area (Å²) in [5.41, 5.74) is 1.10. The molecule has 1 aromatic carbocycles. The zero-order valence-electron chi connectivity index (χ0n) is 11.3. The molecular formula is C15H18BrClN2O. The second kappa shape index (κ2) is 5.66. The topological polar surface area (TPSA) is 32.3 Å². The number of carbonyl (C=O) groups is 1. The second-order valence-electron chi connectivity index (χ2n) is 5.84. The van der Waals surface area contributed by atoms with Gasteiger partial charge in [-0.05, 0) is 65.4 Å². The van der Waals surface area contributed by atoms with Crippen LogP contribution in [0.2, 0.25) is 5.02 Å². The van der Waals surface area contributed by atoms with E-state index >= 15 is 0 Å². The van der Waals surface area contributed by atoms with Crippen molar-refractivity contribution >= 4 is 33.4 Å². The van der Waals surface area contributed by atoms with Crippen LogP contribution in [0.4, 0.5) is 0 Å². The van der Waals surface area contributed by atoms with Gasteiger partial charge in [-0.3, -0.25) is 4.79 Å². The van der Waals surface area contributed by atoms with E-state index in [0.29, 0.717) is 16.0 Å². The molecule has 0 aliphatic carbocycles. The minimum Gasteiger partial charge on any atom is -0.339 e. The van der Waals surface area contributed by atoms with E-state index in [1.165, 1.54) is 6.42 Å². The number of nitrogens with zero attached hydrogens (tertiary/aromatic N) is 1. The number of amides is 1. The summed E-state index contributed by atoms with van der Waals surface area (Å²) in [6.45, 7) is 3.92. The van der Waals surface area contributed by atoms with Gasteiger partial charge in [-0.15, -0.1) is 0 Å². The standard InChI is InChI=1S/C15H18BrClN2O/c16-13-2-1-11(17)9-12(13)14(20)19-7-4-15(5-8-19)3-6-18-10-15/h1-2,9,18H,3-8,10H2. The number of benzene rings is 1. The van der Waals surface area contributed by atoms with Gasteiger partial charge < -0.3 is 10.2 Å². The third-order valence-electron chi connectivity index (χ3n) is 4.60. The van der Waals surface area contributed by atoms with Crippen LogP contribution < -0.4 is 5.32 Å². The van der Waals surface area contributed by atoms with Gasteiger partial charge in [0.15, 0.2) is 0 Å². The Kier molecular flexibility index (Phi) is 4.07. The molecule has 2 saturated heterocycles. The number of nitrogens with one attached hydrogen (secondary N) is 1. The predicted octanol–water partition coefficient (Wildman–Crippen LogP) is 3.32. The summed E-state index contributed by atoms with van der Waals surface area (Å²) in [7, 11) is 0. The van der Waals surface area contributed by atoms with Gasteiger partial charge >= 0.3 is 0 Å². The molecular weight excluding hydrogens is 340 g/mol. The Morgan fingerprint density at radius 2 is 2.05 bits per heavy atom. The highest BCUT2D eigenvalue weighted by Crippen LogP contribution is 2.37. The Hall–Kier alpha value is -0.580. The molecule has 108 valence electrons. The van der Waals surface area contributed by atoms with Crippen molar-refractivity contribution in [3.8, 4) is 0 Å². The van der Waals surface area contributed by atoms with E-state index in [0.717, 1.165) is 43.5 Å². The second-order valence-corrected chi connectivity index (χ2v) is 7.13. The molecule has 0 aromatic heterocycles. The smallest absolute Gasteiger partial charge is 0.255 e. The third kappa shape index (κ3) is 2.74. The summed E-state index contributed by atoms with van der Waals surface area (Å²) in [5.74, 6) is 0.0835. The summed E-state index contributed by atoms with van der Waals surface area (Å²) < 4.78 is 0.815. The number of hydrogen-bond acceptors (Lipinski definition) is 2. The Morgan fingerprint density at radius 1 is 1.30 bits per heavy atom. The molecule has 5 heteroatoms. The lowest BCUT2D eigenvalue weighted by atomic mass is 9.78. The average molecular weight is 358 g/mol. The van der Waals surface area contributed by atoms with Crippen LogP contribution in [-0.4, -0.2) is 37.0 Å². The first-order valence-corrected chi connectivity index (χ1v) is 8.22. The molecule has 0 radical (unpaired) electrons. The highest BCUT2D eigenvalue weighted by atomic mass is 79.9. The van der Waals surface area contributed by atoms with Crippen LogP contribution in [0.3, 0.4) is 0 Å². The third-order valence-corrected chi connectivity index (χ3v) is 5.53. The molecule has 3 nitrogen and oxygen atoms in total. The van der Waals surface area contributed by atoms with Crippen molar-refractivity contribution in [3.63, 3.8) is 0 Å². The lowest BCUT2D eigenvalue weighted by Crippen LogP contribution is -2.44. The summed E-state index contributed by atoms with van der Waals surface area (Å²) >= 11 is 9.44. The summed E-state index contributed by atoms with van der Waals surface area (Å²) in [5, 5.41) is 4.05. The Bertz CT molecular complexity index is 519. The first-order chi connectivity index (χ1) is 9.60. The van der Waals surface area contributed by atoms with Crippen LogP contribution in [0.5, 0.6) is 0 Å². The van der Waals surface area contributed by atoms with Crippen molar-refractivity contribution in [1.82, 2.24) is 10.2 Å². The van der Waals surface area contributed by atoms with Gasteiger partial charge in [-0.2, -0.15) is 0 Å². The normalized spacial score (nSPS) is 21.4. The van der Waals surface area contributed by atoms with Crippen LogP contribution in [0, 0.1) is 5.41 Å². The van der Waals surface area contributed by atoms with Gasteiger partial charge in [0, 0.05) is 29.1 Å². The first-order valence-electron chi connectivity index (χ1n) is 7.05. The van der Waals surface area contributed by atoms with Crippen LogP contribution in [-0.2, 0) is 0 Å². The van der Waals surface area contributed by atoms with Gasteiger partial charge in [-0.25, -0.2) is 0 Å². The summed E-state index contributed by atoms with van der Waals surface area (Å²) in [4.78, 5) is 14.6. The molecule has 1 spiro atoms. The van der Waals surface area contributed by atoms with Crippen molar-refractivity contribution in [2.45, 2.75) is 19.3 Å². The molecule has 2 heterocycles. The Labute approximate surface area is 132 Å². The first kappa shape index (κ1) is 14.4. The number of rotatable bonds is 1. The maximum absolute atomic E-state index is 12.6. The van der Waals surface area contributed by atoms with Crippen molar-refractivity contribution < 1.29 is 4.79 Å². The zero-order chi connectivity index (χ0) is 14.2. The van der Waals surface area contributed by atoms with Gasteiger partial charge in [0.05, 0.1) is 5.56 Å². The maximum atomic E-state index is 12.6. The highest BCUT2D eigenvalue weighted by molar-refractivity contribution is 9.10. The predicted molar refractivity (Wildman–Crippen MR) is 84.2 cm³/mol. The highest BCUT2D eigenvalue weighted by Gasteiger charge is 2.38. The largest absolute Gasteiger partial charge is 0.339 e. The van der Waals surface area contributed by atoms with E-state index in [4.69, 9.17) is 11.6 Å². The fourth-order valence-electron chi connectivity index (χ4n) is 3.24. The average Bonchev–Trinajstić information content (AvgIpc) is 2.90. The molecule has 0 unspecified atom stereocenters. The Balaban J connectivity index is 1.71. The molecule has 2 aliphatic rings. The van der Waals surface area contributed by atoms with Crippen molar-refractivity contribution in [2.24, 2.45) is 5.41 Å². The minimum absolute atomic E-state index is 0.0835. The maximum Gasteiger partial charge on any atom is 0.255 e. The fraction of sp³-hybridized carbons (Fsp3) is 0.533. The number of likely N-dealkylation sites (tertiary alicyclic amines) is 1. The molecule has 1 amide bonds. The monoisotopic (exact) mass is 356 g/mol. The minimum atomic E-state index is 0.0835. The summed E-state index contributed by atoms with van der Waals surface area (Å²) in [6.07, 6.45) is 3.45. The van der Waals surface area contributed by atoms with Crippen molar-refractivity contribution in [2.75, 3.05) is 26.2 Å². The number of hydrogen-bond donors (Lipinski definition) is 1. The quantitative estimate of drug-likeness (QED) is 0.836. The Morgan fingerprint density at radius 3 is 2.70 bits per heavy atom. The van der Waals surface area contributed by atoms with Gasteiger partial charge in [0.25, 0.3) is 5.91 Å². The number of halogens is 2. The van der Waals surface area contributed by atoms with Crippen LogP contribution in [0.25, 0.3) is 0 Å². The summed E-state index contributed by atoms with van der Waals surface area (Å²) in [6, 6.07) is 5.37. The molecule has 20 heavy (non-hydrogen) atoms. The van der Waals surface area contributed by atoms with Crippen molar-refractivity contribution in [3.05, 3.63) is 33.3 Å². The zero-order valence-corrected chi connectivity index (χ0v) is 13.6. The molecule has 2 aliphatic heterocycles. The molecule has 2 fully saturated rings. The fourth-order valence-corrected chi connectivity index (χ4v) is 3.83. The van der Waals surface area contributed by atoms with Crippen LogP contribution in [0.15, 0.2) is 22.7 Å². The van der Waals surface area contributed by atoms with Crippen LogP contribution in [0.1, 0.15) is 29.6 Å². The molecule has 0 atom stereocenters. The van der Waals surface area contributed by atoms with Crippen molar-refractivity contribution in [1.29, 1.82) is 0 Å². The van der Waals surface area contributed by atoms with E-state index in [2.05, 4.69) is 21.2 Å². The van der Waals surface area contributed by atoms with E-state index in [1.54, 1.807) is 12.1 Å². The van der Waals surface area contributed by atoms with Crippen LogP contribution >= 0.6 is 27.5 Å². The number of carbonyl (C=O) groups excluding carboxylic acids is 1. The number of piperidine rings is 1. The van der Waals surface area contributed by atoms with E-state index < -0.39 is 0 Å². The van der Waals surface area contributed by atoms with E-state index in [1.807, 2.05) is 11.0 Å². The van der Waals surface area contributed by atoms with Gasteiger partial charge in [0.1, 0.15) is 0 Å². The SMILES string of the molecule is O=C(c1cc(Cl)ccc1Br)N1CCC2(CCNC2)CC1. The van der Waals surface area contributed by atoms with Gasteiger partial charge in [-0.1, -0.05) is 11.6 Å². The van der Waals surface area contributed by atoms with Gasteiger partial charge in [0.2, 0.25) is 0 Å². The molecule has 1 N–H and O–H groups in total. The lowest BCUT2D eigenvalue weighted by molar-refractivity contribution is 0.0607. The molecule has 3 rings (SSSR count). The molecule has 0 saturated carbocycles. The molecule has 1 aromatic rings. The van der Waals surface area contributed by atoms with E-state index in [-0.39, 0.29) is 5.91 Å².